The smallest absolute Gasteiger partial charge is 0.220 e. The molecule has 5 heteroatoms. The third-order valence-electron chi connectivity index (χ3n) is 3.75. The Morgan fingerprint density at radius 1 is 1.30 bits per heavy atom. The maximum absolute atomic E-state index is 12.1. The van der Waals surface area contributed by atoms with E-state index in [0.717, 1.165) is 17.7 Å². The molecule has 0 bridgehead atoms. The van der Waals surface area contributed by atoms with Crippen LogP contribution in [0.25, 0.3) is 5.69 Å². The summed E-state index contributed by atoms with van der Waals surface area (Å²) in [4.78, 5) is 17.3. The number of carbonyl (C=O) groups is 1. The number of imidazole rings is 1. The molecule has 4 nitrogen and oxygen atoms in total. The van der Waals surface area contributed by atoms with Gasteiger partial charge in [0.1, 0.15) is 0 Å². The maximum Gasteiger partial charge on any atom is 0.220 e. The van der Waals surface area contributed by atoms with Gasteiger partial charge < -0.3 is 9.88 Å². The molecule has 1 atom stereocenters. The first-order valence-corrected chi connectivity index (χ1v) is 8.50. The molecule has 0 aliphatic rings. The van der Waals surface area contributed by atoms with E-state index in [1.165, 1.54) is 4.88 Å². The lowest BCUT2D eigenvalue weighted by molar-refractivity contribution is -0.121. The molecule has 1 amide bonds. The zero-order chi connectivity index (χ0) is 16.1. The van der Waals surface area contributed by atoms with E-state index in [2.05, 4.69) is 16.4 Å². The summed E-state index contributed by atoms with van der Waals surface area (Å²) < 4.78 is 1.95. The monoisotopic (exact) mass is 325 g/mol. The molecule has 1 aromatic carbocycles. The molecular formula is C18H19N3OS. The molecule has 3 aromatic rings. The Morgan fingerprint density at radius 2 is 2.13 bits per heavy atom. The minimum absolute atomic E-state index is 0.00247. The van der Waals surface area contributed by atoms with Gasteiger partial charge in [-0.15, -0.1) is 11.3 Å². The Bertz CT molecular complexity index is 733. The second-order valence-corrected chi connectivity index (χ2v) is 6.46. The molecular weight excluding hydrogens is 306 g/mol. The van der Waals surface area contributed by atoms with Gasteiger partial charge in [-0.1, -0.05) is 18.2 Å². The minimum Gasteiger partial charge on any atom is -0.350 e. The molecule has 118 valence electrons. The van der Waals surface area contributed by atoms with Crippen molar-refractivity contribution in [1.82, 2.24) is 14.9 Å². The summed E-state index contributed by atoms with van der Waals surface area (Å²) in [7, 11) is 0. The highest BCUT2D eigenvalue weighted by molar-refractivity contribution is 7.09. The summed E-state index contributed by atoms with van der Waals surface area (Å²) in [6.07, 6.45) is 6.76. The van der Waals surface area contributed by atoms with Crippen molar-refractivity contribution in [3.8, 4) is 5.69 Å². The normalized spacial score (nSPS) is 12.0. The van der Waals surface area contributed by atoms with Gasteiger partial charge in [0, 0.05) is 29.4 Å². The van der Waals surface area contributed by atoms with Crippen molar-refractivity contribution in [2.75, 3.05) is 0 Å². The fraction of sp³-hybridized carbons (Fsp3) is 0.222. The van der Waals surface area contributed by atoms with Gasteiger partial charge >= 0.3 is 0 Å². The van der Waals surface area contributed by atoms with Crippen LogP contribution < -0.4 is 5.32 Å². The van der Waals surface area contributed by atoms with E-state index in [0.29, 0.717) is 6.42 Å². The number of carbonyl (C=O) groups excluding carboxylic acids is 1. The van der Waals surface area contributed by atoms with E-state index in [-0.39, 0.29) is 11.9 Å². The summed E-state index contributed by atoms with van der Waals surface area (Å²) in [6.45, 7) is 2.01. The molecule has 0 radical (unpaired) electrons. The molecule has 0 unspecified atom stereocenters. The van der Waals surface area contributed by atoms with E-state index in [4.69, 9.17) is 0 Å². The molecule has 2 aromatic heterocycles. The van der Waals surface area contributed by atoms with Crippen LogP contribution in [0.3, 0.4) is 0 Å². The van der Waals surface area contributed by atoms with Crippen LogP contribution in [0.2, 0.25) is 0 Å². The van der Waals surface area contributed by atoms with Crippen LogP contribution in [-0.4, -0.2) is 15.5 Å². The summed E-state index contributed by atoms with van der Waals surface area (Å²) in [5.41, 5.74) is 2.15. The van der Waals surface area contributed by atoms with Crippen molar-refractivity contribution in [2.24, 2.45) is 0 Å². The van der Waals surface area contributed by atoms with Gasteiger partial charge in [0.2, 0.25) is 5.91 Å². The van der Waals surface area contributed by atoms with Crippen molar-refractivity contribution in [3.63, 3.8) is 0 Å². The number of amides is 1. The number of nitrogens with zero attached hydrogens (tertiary/aromatic N) is 2. The average molecular weight is 325 g/mol. The number of hydrogen-bond donors (Lipinski definition) is 1. The summed E-state index contributed by atoms with van der Waals surface area (Å²) in [6, 6.07) is 12.2. The van der Waals surface area contributed by atoms with Gasteiger partial charge in [-0.2, -0.15) is 0 Å². The van der Waals surface area contributed by atoms with E-state index in [1.807, 2.05) is 53.4 Å². The van der Waals surface area contributed by atoms with Crippen molar-refractivity contribution in [3.05, 3.63) is 70.9 Å². The first-order chi connectivity index (χ1) is 11.2. The standard InChI is InChI=1S/C18H19N3OS/c1-14(20-18(22)9-8-17-3-2-12-23-17)15-4-6-16(7-5-15)21-11-10-19-13-21/h2-7,10-14H,8-9H2,1H3,(H,20,22)/t14-/m1/s1. The van der Waals surface area contributed by atoms with Crippen LogP contribution in [0.4, 0.5) is 0 Å². The van der Waals surface area contributed by atoms with E-state index in [1.54, 1.807) is 23.9 Å². The molecule has 0 spiro atoms. The number of benzene rings is 1. The topological polar surface area (TPSA) is 46.9 Å². The predicted octanol–water partition coefficient (Wildman–Crippen LogP) is 3.74. The molecule has 0 aliphatic carbocycles. The lowest BCUT2D eigenvalue weighted by Gasteiger charge is -2.15. The van der Waals surface area contributed by atoms with Gasteiger partial charge in [-0.05, 0) is 42.5 Å². The first kappa shape index (κ1) is 15.5. The zero-order valence-corrected chi connectivity index (χ0v) is 13.8. The Kier molecular flexibility index (Phi) is 4.88. The first-order valence-electron chi connectivity index (χ1n) is 7.62. The van der Waals surface area contributed by atoms with Gasteiger partial charge in [0.25, 0.3) is 0 Å². The van der Waals surface area contributed by atoms with Crippen molar-refractivity contribution >= 4 is 17.2 Å². The molecule has 1 N–H and O–H groups in total. The lowest BCUT2D eigenvalue weighted by atomic mass is 10.1. The van der Waals surface area contributed by atoms with E-state index >= 15 is 0 Å². The Labute approximate surface area is 139 Å². The van der Waals surface area contributed by atoms with Crippen LogP contribution in [0, 0.1) is 0 Å². The molecule has 3 rings (SSSR count). The van der Waals surface area contributed by atoms with Crippen molar-refractivity contribution in [2.45, 2.75) is 25.8 Å². The number of thiophene rings is 1. The predicted molar refractivity (Wildman–Crippen MR) is 92.8 cm³/mol. The van der Waals surface area contributed by atoms with Crippen LogP contribution in [0.5, 0.6) is 0 Å². The number of nitrogens with one attached hydrogen (secondary N) is 1. The molecule has 0 saturated heterocycles. The lowest BCUT2D eigenvalue weighted by Crippen LogP contribution is -2.26. The number of aromatic nitrogens is 2. The molecule has 0 saturated carbocycles. The van der Waals surface area contributed by atoms with E-state index in [9.17, 15) is 4.79 Å². The summed E-state index contributed by atoms with van der Waals surface area (Å²) >= 11 is 1.69. The second kappa shape index (κ2) is 7.24. The number of aryl methyl sites for hydroxylation is 1. The fourth-order valence-corrected chi connectivity index (χ4v) is 3.14. The zero-order valence-electron chi connectivity index (χ0n) is 13.0. The summed E-state index contributed by atoms with van der Waals surface area (Å²) in [5, 5.41) is 5.10. The van der Waals surface area contributed by atoms with E-state index < -0.39 is 0 Å². The van der Waals surface area contributed by atoms with Gasteiger partial charge in [0.05, 0.1) is 12.4 Å². The summed E-state index contributed by atoms with van der Waals surface area (Å²) in [5.74, 6) is 0.0876. The molecule has 0 aliphatic heterocycles. The van der Waals surface area contributed by atoms with Crippen LogP contribution in [-0.2, 0) is 11.2 Å². The fourth-order valence-electron chi connectivity index (χ4n) is 2.44. The highest BCUT2D eigenvalue weighted by Crippen LogP contribution is 2.16. The highest BCUT2D eigenvalue weighted by atomic mass is 32.1. The largest absolute Gasteiger partial charge is 0.350 e. The molecule has 23 heavy (non-hydrogen) atoms. The van der Waals surface area contributed by atoms with Crippen LogP contribution >= 0.6 is 11.3 Å². The van der Waals surface area contributed by atoms with Crippen LogP contribution in [0.15, 0.2) is 60.5 Å². The molecule has 0 fully saturated rings. The van der Waals surface area contributed by atoms with Gasteiger partial charge in [-0.3, -0.25) is 4.79 Å². The maximum atomic E-state index is 12.1. The van der Waals surface area contributed by atoms with Gasteiger partial charge in [-0.25, -0.2) is 4.98 Å². The minimum atomic E-state index is 0.00247. The number of hydrogen-bond acceptors (Lipinski definition) is 3. The van der Waals surface area contributed by atoms with Gasteiger partial charge in [0.15, 0.2) is 0 Å². The average Bonchev–Trinajstić information content (AvgIpc) is 3.26. The third-order valence-corrected chi connectivity index (χ3v) is 4.69. The Balaban J connectivity index is 1.55. The molecule has 2 heterocycles. The third kappa shape index (κ3) is 4.07. The Morgan fingerprint density at radius 3 is 2.78 bits per heavy atom. The number of rotatable bonds is 6. The van der Waals surface area contributed by atoms with Crippen LogP contribution in [0.1, 0.15) is 29.8 Å². The second-order valence-electron chi connectivity index (χ2n) is 5.43. The SMILES string of the molecule is C[C@@H](NC(=O)CCc1cccs1)c1ccc(-n2ccnc2)cc1. The quantitative estimate of drug-likeness (QED) is 0.750. The Hall–Kier alpha value is -2.40. The van der Waals surface area contributed by atoms with Crippen molar-refractivity contribution < 1.29 is 4.79 Å². The van der Waals surface area contributed by atoms with Crippen molar-refractivity contribution in [1.29, 1.82) is 0 Å². The highest BCUT2D eigenvalue weighted by Gasteiger charge is 2.10.